The van der Waals surface area contributed by atoms with E-state index in [0.717, 1.165) is 19.6 Å². The summed E-state index contributed by atoms with van der Waals surface area (Å²) in [5, 5.41) is 9.24. The van der Waals surface area contributed by atoms with Crippen LogP contribution in [0.15, 0.2) is 0 Å². The largest absolute Gasteiger partial charge is 0.377 e. The normalized spacial score (nSPS) is 22.7. The van der Waals surface area contributed by atoms with Crippen molar-refractivity contribution in [2.24, 2.45) is 0 Å². The summed E-state index contributed by atoms with van der Waals surface area (Å²) in [4.78, 5) is 4.02. The van der Waals surface area contributed by atoms with E-state index in [1.807, 2.05) is 23.9 Å². The molecule has 0 aliphatic carbocycles. The van der Waals surface area contributed by atoms with E-state index in [0.29, 0.717) is 0 Å². The lowest BCUT2D eigenvalue weighted by molar-refractivity contribution is 0.0550. The molecule has 0 spiro atoms. The van der Waals surface area contributed by atoms with Crippen molar-refractivity contribution >= 4 is 0 Å². The third-order valence-corrected chi connectivity index (χ3v) is 1.43. The Morgan fingerprint density at radius 1 is 1.56 bits per heavy atom. The summed E-state index contributed by atoms with van der Waals surface area (Å²) < 4.78 is 0. The summed E-state index contributed by atoms with van der Waals surface area (Å²) in [6.07, 6.45) is -0.236. The molecule has 1 N–H and O–H groups in total. The Morgan fingerprint density at radius 2 is 2.11 bits per heavy atom. The minimum absolute atomic E-state index is 0.236. The van der Waals surface area contributed by atoms with Crippen LogP contribution >= 0.6 is 0 Å². The molecule has 3 heteroatoms. The molecule has 3 nitrogen and oxygen atoms in total. The fraction of sp³-hybridized carbons (Fsp3) is 1.00. The highest BCUT2D eigenvalue weighted by Gasteiger charge is 2.25. The number of hydrogen-bond donors (Lipinski definition) is 1. The second-order valence-corrected chi connectivity index (χ2v) is 2.78. The Morgan fingerprint density at radius 3 is 2.44 bits per heavy atom. The van der Waals surface area contributed by atoms with E-state index in [4.69, 9.17) is 0 Å². The Hall–Kier alpha value is -0.120. The molecule has 0 bridgehead atoms. The third kappa shape index (κ3) is 2.30. The number of nitrogens with zero attached hydrogens (tertiary/aromatic N) is 2. The van der Waals surface area contributed by atoms with Crippen molar-refractivity contribution in [3.8, 4) is 0 Å². The number of likely N-dealkylation sites (N-methyl/N-ethyl adjacent to an activating group) is 1. The molecule has 1 aliphatic rings. The molecular weight excluding hydrogens is 116 g/mol. The van der Waals surface area contributed by atoms with Gasteiger partial charge in [0.25, 0.3) is 0 Å². The molecule has 1 heterocycles. The molecule has 0 aromatic heterocycles. The summed E-state index contributed by atoms with van der Waals surface area (Å²) in [6.45, 7) is 2.88. The second kappa shape index (κ2) is 2.64. The SMILES string of the molecule is CN(C)CC(O)N1CC1. The minimum Gasteiger partial charge on any atom is -0.377 e. The molecule has 1 saturated heterocycles. The van der Waals surface area contributed by atoms with Gasteiger partial charge in [-0.3, -0.25) is 4.90 Å². The van der Waals surface area contributed by atoms with Crippen LogP contribution in [-0.2, 0) is 0 Å². The maximum absolute atomic E-state index is 9.24. The Kier molecular flexibility index (Phi) is 2.05. The van der Waals surface area contributed by atoms with Gasteiger partial charge in [-0.1, -0.05) is 0 Å². The van der Waals surface area contributed by atoms with Crippen molar-refractivity contribution in [2.45, 2.75) is 6.23 Å². The molecule has 1 aliphatic heterocycles. The zero-order valence-electron chi connectivity index (χ0n) is 6.04. The third-order valence-electron chi connectivity index (χ3n) is 1.43. The fourth-order valence-corrected chi connectivity index (χ4v) is 0.798. The van der Waals surface area contributed by atoms with Gasteiger partial charge >= 0.3 is 0 Å². The van der Waals surface area contributed by atoms with Gasteiger partial charge in [0.05, 0.1) is 0 Å². The molecule has 1 unspecified atom stereocenters. The summed E-state index contributed by atoms with van der Waals surface area (Å²) in [6, 6.07) is 0. The molecular formula is C6H14N2O. The molecule has 0 radical (unpaired) electrons. The van der Waals surface area contributed by atoms with Gasteiger partial charge in [0.1, 0.15) is 6.23 Å². The Balaban J connectivity index is 2.10. The van der Waals surface area contributed by atoms with Crippen LogP contribution in [0.1, 0.15) is 0 Å². The molecule has 1 rings (SSSR count). The van der Waals surface area contributed by atoms with E-state index < -0.39 is 0 Å². The molecule has 9 heavy (non-hydrogen) atoms. The molecule has 0 saturated carbocycles. The highest BCUT2D eigenvalue weighted by Crippen LogP contribution is 2.07. The summed E-state index contributed by atoms with van der Waals surface area (Å²) in [5.74, 6) is 0. The quantitative estimate of drug-likeness (QED) is 0.506. The molecule has 1 fully saturated rings. The van der Waals surface area contributed by atoms with Gasteiger partial charge in [0.15, 0.2) is 0 Å². The first-order valence-corrected chi connectivity index (χ1v) is 3.27. The van der Waals surface area contributed by atoms with Crippen LogP contribution in [0.4, 0.5) is 0 Å². The monoisotopic (exact) mass is 130 g/mol. The molecule has 1 atom stereocenters. The lowest BCUT2D eigenvalue weighted by atomic mass is 10.5. The van der Waals surface area contributed by atoms with E-state index >= 15 is 0 Å². The van der Waals surface area contributed by atoms with Crippen LogP contribution in [0.3, 0.4) is 0 Å². The van der Waals surface area contributed by atoms with Crippen molar-refractivity contribution in [3.05, 3.63) is 0 Å². The molecule has 0 amide bonds. The number of aliphatic hydroxyl groups is 1. The average molecular weight is 130 g/mol. The predicted octanol–water partition coefficient (Wildman–Crippen LogP) is -0.818. The van der Waals surface area contributed by atoms with Gasteiger partial charge in [-0.05, 0) is 14.1 Å². The summed E-state index contributed by atoms with van der Waals surface area (Å²) >= 11 is 0. The van der Waals surface area contributed by atoms with Gasteiger partial charge in [0.2, 0.25) is 0 Å². The van der Waals surface area contributed by atoms with Gasteiger partial charge in [-0.15, -0.1) is 0 Å². The number of hydrogen-bond acceptors (Lipinski definition) is 3. The minimum atomic E-state index is -0.236. The maximum Gasteiger partial charge on any atom is 0.120 e. The summed E-state index contributed by atoms with van der Waals surface area (Å²) in [7, 11) is 3.93. The van der Waals surface area contributed by atoms with Crippen LogP contribution in [0.2, 0.25) is 0 Å². The van der Waals surface area contributed by atoms with Crippen molar-refractivity contribution in [3.63, 3.8) is 0 Å². The van der Waals surface area contributed by atoms with Crippen LogP contribution in [0.5, 0.6) is 0 Å². The Bertz CT molecular complexity index is 91.1. The summed E-state index contributed by atoms with van der Waals surface area (Å²) in [5.41, 5.74) is 0. The van der Waals surface area contributed by atoms with Crippen molar-refractivity contribution in [1.29, 1.82) is 0 Å². The first-order valence-electron chi connectivity index (χ1n) is 3.27. The average Bonchev–Trinajstić information content (AvgIpc) is 2.40. The van der Waals surface area contributed by atoms with E-state index in [9.17, 15) is 5.11 Å². The van der Waals surface area contributed by atoms with Crippen LogP contribution in [-0.4, -0.2) is 54.9 Å². The van der Waals surface area contributed by atoms with Gasteiger partial charge < -0.3 is 10.0 Å². The van der Waals surface area contributed by atoms with E-state index in [1.54, 1.807) is 0 Å². The smallest absolute Gasteiger partial charge is 0.120 e. The zero-order valence-corrected chi connectivity index (χ0v) is 6.04. The highest BCUT2D eigenvalue weighted by atomic mass is 16.3. The van der Waals surface area contributed by atoms with Crippen molar-refractivity contribution in [2.75, 3.05) is 33.7 Å². The van der Waals surface area contributed by atoms with E-state index in [2.05, 4.69) is 0 Å². The topological polar surface area (TPSA) is 26.5 Å². The van der Waals surface area contributed by atoms with Crippen LogP contribution < -0.4 is 0 Å². The number of aliphatic hydroxyl groups excluding tert-OH is 1. The second-order valence-electron chi connectivity index (χ2n) is 2.78. The van der Waals surface area contributed by atoms with E-state index in [1.165, 1.54) is 0 Å². The first kappa shape index (κ1) is 6.99. The lowest BCUT2D eigenvalue weighted by Crippen LogP contribution is -2.31. The number of rotatable bonds is 3. The predicted molar refractivity (Wildman–Crippen MR) is 36.1 cm³/mol. The van der Waals surface area contributed by atoms with Crippen LogP contribution in [0.25, 0.3) is 0 Å². The fourth-order valence-electron chi connectivity index (χ4n) is 0.798. The maximum atomic E-state index is 9.24. The Labute approximate surface area is 55.9 Å². The molecule has 54 valence electrons. The van der Waals surface area contributed by atoms with Crippen molar-refractivity contribution in [1.82, 2.24) is 9.80 Å². The molecule has 0 aromatic rings. The van der Waals surface area contributed by atoms with Crippen LogP contribution in [0, 0.1) is 0 Å². The highest BCUT2D eigenvalue weighted by molar-refractivity contribution is 4.76. The zero-order chi connectivity index (χ0) is 6.85. The standard InChI is InChI=1S/C6H14N2O/c1-7(2)5-6(9)8-3-4-8/h6,9H,3-5H2,1-2H3. The van der Waals surface area contributed by atoms with Gasteiger partial charge in [-0.2, -0.15) is 0 Å². The van der Waals surface area contributed by atoms with Crippen molar-refractivity contribution < 1.29 is 5.11 Å². The first-order chi connectivity index (χ1) is 4.20. The van der Waals surface area contributed by atoms with E-state index in [-0.39, 0.29) is 6.23 Å². The van der Waals surface area contributed by atoms with Gasteiger partial charge in [-0.25, -0.2) is 0 Å². The molecule has 0 aromatic carbocycles. The van der Waals surface area contributed by atoms with Gasteiger partial charge in [0, 0.05) is 19.6 Å². The lowest BCUT2D eigenvalue weighted by Gasteiger charge is -2.15.